The largest absolute Gasteiger partial charge is 0.489 e. The molecule has 0 N–H and O–H groups in total. The number of hydrogen-bond donors (Lipinski definition) is 0. The van der Waals surface area contributed by atoms with E-state index in [4.69, 9.17) is 27.9 Å². The van der Waals surface area contributed by atoms with Gasteiger partial charge in [0.25, 0.3) is 0 Å². The smallest absolute Gasteiger partial charge is 0.225 e. The number of ether oxygens (including phenoxy) is 1. The standard InChI is InChI=1S/C30H30Cl2FNO6S2/c31-27-2-1-3-28(32)26(27)18-40-24-8-4-22(5-9-24)30(20-42(38,39)25-10-6-23(33)7-11-25)14-15-34(19-30)29(35)21-12-16-41(36,37)17-13-21/h1-11,21H,12-20H2/t30-/m1/s1. The summed E-state index contributed by atoms with van der Waals surface area (Å²) in [6.45, 7) is 0.635. The molecule has 2 heterocycles. The third-order valence-corrected chi connectivity index (χ3v) is 12.5. The van der Waals surface area contributed by atoms with E-state index < -0.39 is 36.8 Å². The van der Waals surface area contributed by atoms with Gasteiger partial charge < -0.3 is 9.64 Å². The van der Waals surface area contributed by atoms with Crippen molar-refractivity contribution < 1.29 is 30.8 Å². The minimum absolute atomic E-state index is 0.00195. The van der Waals surface area contributed by atoms with Gasteiger partial charge in [0.1, 0.15) is 28.0 Å². The van der Waals surface area contributed by atoms with Gasteiger partial charge in [-0.2, -0.15) is 0 Å². The molecule has 2 fully saturated rings. The Balaban J connectivity index is 1.40. The Morgan fingerprint density at radius 3 is 2.21 bits per heavy atom. The van der Waals surface area contributed by atoms with Gasteiger partial charge in [0, 0.05) is 40.0 Å². The number of rotatable bonds is 8. The Morgan fingerprint density at radius 2 is 1.60 bits per heavy atom. The number of benzene rings is 3. The Morgan fingerprint density at radius 1 is 0.976 bits per heavy atom. The summed E-state index contributed by atoms with van der Waals surface area (Å²) >= 11 is 12.5. The highest BCUT2D eigenvalue weighted by molar-refractivity contribution is 7.91. The van der Waals surface area contributed by atoms with Crippen LogP contribution >= 0.6 is 23.2 Å². The number of amides is 1. The molecule has 0 bridgehead atoms. The van der Waals surface area contributed by atoms with Crippen LogP contribution in [0, 0.1) is 11.7 Å². The first-order valence-corrected chi connectivity index (χ1v) is 17.7. The van der Waals surface area contributed by atoms with Gasteiger partial charge in [-0.15, -0.1) is 0 Å². The summed E-state index contributed by atoms with van der Waals surface area (Å²) in [7, 11) is -7.00. The van der Waals surface area contributed by atoms with Gasteiger partial charge in [0.05, 0.1) is 22.2 Å². The lowest BCUT2D eigenvalue weighted by atomic mass is 9.81. The Hall–Kier alpha value is -2.66. The van der Waals surface area contributed by atoms with E-state index in [1.54, 1.807) is 47.4 Å². The molecule has 0 saturated carbocycles. The second-order valence-corrected chi connectivity index (χ2v) is 16.1. The van der Waals surface area contributed by atoms with Crippen LogP contribution in [0.15, 0.2) is 71.6 Å². The monoisotopic (exact) mass is 653 g/mol. The van der Waals surface area contributed by atoms with Crippen LogP contribution in [0.5, 0.6) is 5.75 Å². The number of likely N-dealkylation sites (tertiary alicyclic amines) is 1. The van der Waals surface area contributed by atoms with Crippen molar-refractivity contribution in [1.82, 2.24) is 4.90 Å². The van der Waals surface area contributed by atoms with Crippen LogP contribution in [0.4, 0.5) is 4.39 Å². The van der Waals surface area contributed by atoms with E-state index in [0.29, 0.717) is 34.3 Å². The topological polar surface area (TPSA) is 97.8 Å². The molecule has 3 aromatic rings. The number of carbonyl (C=O) groups excluding carboxylic acids is 1. The van der Waals surface area contributed by atoms with Crippen molar-refractivity contribution in [3.05, 3.63) is 93.7 Å². The summed E-state index contributed by atoms with van der Waals surface area (Å²) in [6.07, 6.45) is 0.916. The lowest BCUT2D eigenvalue weighted by molar-refractivity contribution is -0.134. The van der Waals surface area contributed by atoms with E-state index in [0.717, 1.165) is 17.7 Å². The highest BCUT2D eigenvalue weighted by Gasteiger charge is 2.46. The van der Waals surface area contributed by atoms with Crippen LogP contribution in [0.25, 0.3) is 0 Å². The summed E-state index contributed by atoms with van der Waals surface area (Å²) in [5, 5.41) is 0.964. The van der Waals surface area contributed by atoms with Crippen LogP contribution in [0.3, 0.4) is 0 Å². The quantitative estimate of drug-likeness (QED) is 0.299. The molecule has 3 aromatic carbocycles. The molecule has 5 rings (SSSR count). The van der Waals surface area contributed by atoms with Gasteiger partial charge in [-0.1, -0.05) is 41.4 Å². The first-order valence-electron chi connectivity index (χ1n) is 13.5. The maximum atomic E-state index is 13.6. The highest BCUT2D eigenvalue weighted by Crippen LogP contribution is 2.39. The second kappa shape index (κ2) is 12.1. The summed E-state index contributed by atoms with van der Waals surface area (Å²) in [4.78, 5) is 15.1. The number of hydrogen-bond acceptors (Lipinski definition) is 6. The molecule has 0 radical (unpaired) electrons. The minimum Gasteiger partial charge on any atom is -0.489 e. The van der Waals surface area contributed by atoms with Crippen LogP contribution in [-0.2, 0) is 36.5 Å². The lowest BCUT2D eigenvalue weighted by Gasteiger charge is -2.31. The van der Waals surface area contributed by atoms with Crippen LogP contribution in [0.2, 0.25) is 10.0 Å². The second-order valence-electron chi connectivity index (χ2n) is 10.9. The molecule has 0 spiro atoms. The predicted octanol–water partition coefficient (Wildman–Crippen LogP) is 5.48. The number of carbonyl (C=O) groups is 1. The van der Waals surface area contributed by atoms with E-state index in [1.807, 2.05) is 0 Å². The Labute approximate surface area is 255 Å². The van der Waals surface area contributed by atoms with Crippen LogP contribution in [-0.4, -0.2) is 58.0 Å². The summed E-state index contributed by atoms with van der Waals surface area (Å²) < 4.78 is 70.4. The van der Waals surface area contributed by atoms with Gasteiger partial charge in [0.2, 0.25) is 5.91 Å². The zero-order chi connectivity index (χ0) is 30.1. The SMILES string of the molecule is O=C(C1CCS(=O)(=O)CC1)N1CC[C@@](CS(=O)(=O)c2ccc(F)cc2)(c2ccc(OCc3c(Cl)cccc3Cl)cc2)C1. The third-order valence-electron chi connectivity index (χ3n) is 8.12. The molecule has 12 heteroatoms. The summed E-state index contributed by atoms with van der Waals surface area (Å²) in [5.41, 5.74) is 0.429. The molecule has 1 atom stereocenters. The van der Waals surface area contributed by atoms with Gasteiger partial charge in [-0.25, -0.2) is 21.2 Å². The maximum absolute atomic E-state index is 13.6. The van der Waals surface area contributed by atoms with Crippen molar-refractivity contribution in [3.8, 4) is 5.75 Å². The number of halogens is 3. The lowest BCUT2D eigenvalue weighted by Crippen LogP contribution is -2.42. The molecule has 2 aliphatic rings. The zero-order valence-electron chi connectivity index (χ0n) is 22.6. The third kappa shape index (κ3) is 6.77. The fourth-order valence-corrected chi connectivity index (χ4v) is 9.56. The van der Waals surface area contributed by atoms with Crippen molar-refractivity contribution in [3.63, 3.8) is 0 Å². The molecule has 224 valence electrons. The highest BCUT2D eigenvalue weighted by atomic mass is 35.5. The summed E-state index contributed by atoms with van der Waals surface area (Å²) in [6, 6.07) is 17.0. The Bertz CT molecular complexity index is 1650. The van der Waals surface area contributed by atoms with Gasteiger partial charge in [0.15, 0.2) is 9.84 Å². The van der Waals surface area contributed by atoms with Crippen LogP contribution in [0.1, 0.15) is 30.4 Å². The van der Waals surface area contributed by atoms with Crippen molar-refractivity contribution >= 4 is 48.8 Å². The number of sulfone groups is 2. The van der Waals surface area contributed by atoms with Gasteiger partial charge >= 0.3 is 0 Å². The molecular formula is C30H30Cl2FNO6S2. The first kappa shape index (κ1) is 30.8. The van der Waals surface area contributed by atoms with E-state index >= 15 is 0 Å². The maximum Gasteiger partial charge on any atom is 0.225 e. The molecule has 2 saturated heterocycles. The minimum atomic E-state index is -3.87. The normalized spacial score (nSPS) is 20.9. The average Bonchev–Trinajstić information content (AvgIpc) is 3.37. The first-order chi connectivity index (χ1) is 19.9. The summed E-state index contributed by atoms with van der Waals surface area (Å²) in [5.74, 6) is -0.910. The number of nitrogens with zero attached hydrogens (tertiary/aromatic N) is 1. The molecule has 7 nitrogen and oxygen atoms in total. The molecule has 2 aliphatic heterocycles. The van der Waals surface area contributed by atoms with Crippen molar-refractivity contribution in [2.24, 2.45) is 5.92 Å². The van der Waals surface area contributed by atoms with E-state index in [2.05, 4.69) is 0 Å². The van der Waals surface area contributed by atoms with Gasteiger partial charge in [-0.05, 0) is 73.4 Å². The van der Waals surface area contributed by atoms with E-state index in [9.17, 15) is 26.0 Å². The van der Waals surface area contributed by atoms with Gasteiger partial charge in [-0.3, -0.25) is 4.79 Å². The van der Waals surface area contributed by atoms with Crippen molar-refractivity contribution in [2.45, 2.75) is 36.2 Å². The zero-order valence-corrected chi connectivity index (χ0v) is 25.8. The molecule has 0 unspecified atom stereocenters. The molecule has 0 aliphatic carbocycles. The van der Waals surface area contributed by atoms with Crippen LogP contribution < -0.4 is 4.74 Å². The van der Waals surface area contributed by atoms with Crippen molar-refractivity contribution in [2.75, 3.05) is 30.3 Å². The van der Waals surface area contributed by atoms with E-state index in [1.165, 1.54) is 12.1 Å². The molecule has 42 heavy (non-hydrogen) atoms. The molecule has 1 amide bonds. The fraction of sp³-hybridized carbons (Fsp3) is 0.367. The molecular weight excluding hydrogens is 624 g/mol. The Kier molecular flexibility index (Phi) is 8.90. The van der Waals surface area contributed by atoms with E-state index in [-0.39, 0.29) is 54.1 Å². The average molecular weight is 655 g/mol. The van der Waals surface area contributed by atoms with Crippen molar-refractivity contribution in [1.29, 1.82) is 0 Å². The molecule has 0 aromatic heterocycles. The fourth-order valence-electron chi connectivity index (χ4n) is 5.71. The predicted molar refractivity (Wildman–Crippen MR) is 160 cm³/mol.